The average Bonchev–Trinajstić information content (AvgIpc) is 2.59. The van der Waals surface area contributed by atoms with Gasteiger partial charge in [-0.05, 0) is 91.3 Å². The molecule has 2 aromatic rings. The van der Waals surface area contributed by atoms with Crippen LogP contribution in [0.2, 0.25) is 0 Å². The minimum atomic E-state index is 0.668. The summed E-state index contributed by atoms with van der Waals surface area (Å²) in [7, 11) is 0. The smallest absolute Gasteiger partial charge is 0.133 e. The molecule has 0 bridgehead atoms. The van der Waals surface area contributed by atoms with Crippen molar-refractivity contribution >= 4 is 5.69 Å². The van der Waals surface area contributed by atoms with Crippen LogP contribution in [0.3, 0.4) is 0 Å². The first-order valence-electron chi connectivity index (χ1n) is 9.99. The van der Waals surface area contributed by atoms with E-state index in [9.17, 15) is 0 Å². The number of nitrogen functional groups attached to an aromatic ring is 1. The molecule has 2 N–H and O–H groups in total. The molecule has 3 rings (SSSR count). The van der Waals surface area contributed by atoms with Crippen molar-refractivity contribution in [2.45, 2.75) is 59.8 Å². The second kappa shape index (κ2) is 7.73. The van der Waals surface area contributed by atoms with Crippen LogP contribution in [0.1, 0.15) is 62.6 Å². The molecule has 3 atom stereocenters. The zero-order valence-electron chi connectivity index (χ0n) is 16.9. The van der Waals surface area contributed by atoms with E-state index in [2.05, 4.69) is 46.8 Å². The number of hydrogen-bond donors (Lipinski definition) is 1. The lowest BCUT2D eigenvalue weighted by atomic mass is 9.67. The molecule has 0 radical (unpaired) electrons. The molecule has 1 saturated carbocycles. The summed E-state index contributed by atoms with van der Waals surface area (Å²) in [6, 6.07) is 12.3. The Kier molecular flexibility index (Phi) is 5.60. The van der Waals surface area contributed by atoms with Crippen molar-refractivity contribution < 1.29 is 4.74 Å². The second-order valence-corrected chi connectivity index (χ2v) is 8.59. The fraction of sp³-hybridized carbons (Fsp3) is 0.500. The van der Waals surface area contributed by atoms with Gasteiger partial charge in [0.2, 0.25) is 0 Å². The average molecular weight is 352 g/mol. The Morgan fingerprint density at radius 3 is 2.19 bits per heavy atom. The van der Waals surface area contributed by atoms with E-state index in [1.54, 1.807) is 0 Å². The molecule has 26 heavy (non-hydrogen) atoms. The first-order valence-corrected chi connectivity index (χ1v) is 9.99. The molecule has 2 aromatic carbocycles. The van der Waals surface area contributed by atoms with E-state index in [0.29, 0.717) is 5.92 Å². The van der Waals surface area contributed by atoms with E-state index in [1.807, 2.05) is 24.3 Å². The Morgan fingerprint density at radius 2 is 1.62 bits per heavy atom. The summed E-state index contributed by atoms with van der Waals surface area (Å²) in [6.07, 6.45) is 4.03. The zero-order chi connectivity index (χ0) is 18.8. The lowest BCUT2D eigenvalue weighted by Gasteiger charge is -2.38. The van der Waals surface area contributed by atoms with Gasteiger partial charge < -0.3 is 10.5 Å². The standard InChI is InChI=1S/C24H33NO/c1-15(2)22-11-6-16(3)12-23(22)19-13-17(4)24(18(5)14-19)26-21-9-7-20(25)8-10-21/h7-10,13-16,22-23H,6,11-12,25H2,1-5H3. The molecule has 0 heterocycles. The van der Waals surface area contributed by atoms with Crippen LogP contribution in [0.5, 0.6) is 11.5 Å². The summed E-state index contributed by atoms with van der Waals surface area (Å²) in [5, 5.41) is 0. The third-order valence-corrected chi connectivity index (χ3v) is 6.03. The molecule has 2 nitrogen and oxygen atoms in total. The number of rotatable bonds is 4. The SMILES string of the molecule is Cc1cc(C2CC(C)CCC2C(C)C)cc(C)c1Oc1ccc(N)cc1. The maximum Gasteiger partial charge on any atom is 0.133 e. The summed E-state index contributed by atoms with van der Waals surface area (Å²) in [5.41, 5.74) is 10.5. The van der Waals surface area contributed by atoms with Gasteiger partial charge in [-0.1, -0.05) is 39.3 Å². The van der Waals surface area contributed by atoms with Crippen LogP contribution in [-0.2, 0) is 0 Å². The summed E-state index contributed by atoms with van der Waals surface area (Å²) in [5.74, 6) is 4.82. The highest BCUT2D eigenvalue weighted by Crippen LogP contribution is 2.45. The number of nitrogens with two attached hydrogens (primary N) is 1. The molecule has 0 amide bonds. The van der Waals surface area contributed by atoms with E-state index < -0.39 is 0 Å². The van der Waals surface area contributed by atoms with Crippen molar-refractivity contribution in [2.75, 3.05) is 5.73 Å². The monoisotopic (exact) mass is 351 g/mol. The van der Waals surface area contributed by atoms with Crippen LogP contribution < -0.4 is 10.5 Å². The van der Waals surface area contributed by atoms with E-state index in [-0.39, 0.29) is 0 Å². The second-order valence-electron chi connectivity index (χ2n) is 8.59. The highest BCUT2D eigenvalue weighted by molar-refractivity contribution is 5.48. The van der Waals surface area contributed by atoms with Gasteiger partial charge in [-0.15, -0.1) is 0 Å². The van der Waals surface area contributed by atoms with Gasteiger partial charge in [-0.25, -0.2) is 0 Å². The topological polar surface area (TPSA) is 35.2 Å². The molecular weight excluding hydrogens is 318 g/mol. The molecule has 1 aliphatic carbocycles. The van der Waals surface area contributed by atoms with E-state index in [4.69, 9.17) is 10.5 Å². The summed E-state index contributed by atoms with van der Waals surface area (Å²) >= 11 is 0. The van der Waals surface area contributed by atoms with E-state index in [1.165, 1.54) is 36.0 Å². The largest absolute Gasteiger partial charge is 0.457 e. The van der Waals surface area contributed by atoms with Crippen LogP contribution in [0.15, 0.2) is 36.4 Å². The zero-order valence-corrected chi connectivity index (χ0v) is 16.9. The maximum atomic E-state index is 6.18. The maximum absolute atomic E-state index is 6.18. The number of hydrogen-bond acceptors (Lipinski definition) is 2. The minimum Gasteiger partial charge on any atom is -0.457 e. The molecule has 3 unspecified atom stereocenters. The molecule has 0 saturated heterocycles. The Morgan fingerprint density at radius 1 is 1.00 bits per heavy atom. The third kappa shape index (κ3) is 4.06. The lowest BCUT2D eigenvalue weighted by molar-refractivity contribution is 0.197. The van der Waals surface area contributed by atoms with Crippen LogP contribution in [0, 0.1) is 31.6 Å². The Balaban J connectivity index is 1.89. The first kappa shape index (κ1) is 18.8. The Hall–Kier alpha value is -1.96. The van der Waals surface area contributed by atoms with Crippen molar-refractivity contribution in [2.24, 2.45) is 17.8 Å². The number of anilines is 1. The van der Waals surface area contributed by atoms with Gasteiger partial charge in [0.15, 0.2) is 0 Å². The van der Waals surface area contributed by atoms with Crippen molar-refractivity contribution in [3.63, 3.8) is 0 Å². The van der Waals surface area contributed by atoms with Gasteiger partial charge in [0.1, 0.15) is 11.5 Å². The predicted molar refractivity (Wildman–Crippen MR) is 111 cm³/mol. The summed E-state index contributed by atoms with van der Waals surface area (Å²) in [4.78, 5) is 0. The molecule has 2 heteroatoms. The molecule has 0 spiro atoms. The van der Waals surface area contributed by atoms with Gasteiger partial charge in [0.05, 0.1) is 0 Å². The molecule has 0 aromatic heterocycles. The van der Waals surface area contributed by atoms with Crippen LogP contribution in [-0.4, -0.2) is 0 Å². The lowest BCUT2D eigenvalue weighted by Crippen LogP contribution is -2.26. The van der Waals surface area contributed by atoms with Gasteiger partial charge in [0.25, 0.3) is 0 Å². The normalized spacial score (nSPS) is 23.2. The highest BCUT2D eigenvalue weighted by atomic mass is 16.5. The van der Waals surface area contributed by atoms with Gasteiger partial charge in [-0.2, -0.15) is 0 Å². The number of aryl methyl sites for hydroxylation is 2. The minimum absolute atomic E-state index is 0.668. The number of ether oxygens (including phenoxy) is 1. The third-order valence-electron chi connectivity index (χ3n) is 6.03. The van der Waals surface area contributed by atoms with Crippen molar-refractivity contribution in [1.29, 1.82) is 0 Å². The molecule has 1 aliphatic rings. The fourth-order valence-corrected chi connectivity index (χ4v) is 4.60. The molecule has 0 aliphatic heterocycles. The summed E-state index contributed by atoms with van der Waals surface area (Å²) < 4.78 is 6.18. The van der Waals surface area contributed by atoms with Crippen molar-refractivity contribution in [3.8, 4) is 11.5 Å². The van der Waals surface area contributed by atoms with Crippen LogP contribution in [0.4, 0.5) is 5.69 Å². The van der Waals surface area contributed by atoms with Crippen LogP contribution in [0.25, 0.3) is 0 Å². The van der Waals surface area contributed by atoms with Crippen molar-refractivity contribution in [3.05, 3.63) is 53.1 Å². The summed E-state index contributed by atoms with van der Waals surface area (Å²) in [6.45, 7) is 11.5. The Labute approximate surface area is 158 Å². The predicted octanol–water partition coefficient (Wildman–Crippen LogP) is 6.85. The van der Waals surface area contributed by atoms with Gasteiger partial charge >= 0.3 is 0 Å². The van der Waals surface area contributed by atoms with Gasteiger partial charge in [0, 0.05) is 5.69 Å². The van der Waals surface area contributed by atoms with E-state index >= 15 is 0 Å². The van der Waals surface area contributed by atoms with Gasteiger partial charge in [-0.3, -0.25) is 0 Å². The molecule has 1 fully saturated rings. The highest BCUT2D eigenvalue weighted by Gasteiger charge is 2.32. The van der Waals surface area contributed by atoms with Crippen molar-refractivity contribution in [1.82, 2.24) is 0 Å². The Bertz CT molecular complexity index is 724. The molecule has 140 valence electrons. The van der Waals surface area contributed by atoms with Crippen LogP contribution >= 0.6 is 0 Å². The molecular formula is C24H33NO. The fourth-order valence-electron chi connectivity index (χ4n) is 4.60. The quantitative estimate of drug-likeness (QED) is 0.611. The van der Waals surface area contributed by atoms with E-state index in [0.717, 1.165) is 34.9 Å². The first-order chi connectivity index (χ1) is 12.3. The number of benzene rings is 2.